The maximum absolute atomic E-state index is 5.55. The Labute approximate surface area is 113 Å². The van der Waals surface area contributed by atoms with Gasteiger partial charge >= 0.3 is 0 Å². The first-order valence-electron chi connectivity index (χ1n) is 5.61. The minimum atomic E-state index is 0.320. The van der Waals surface area contributed by atoms with Crippen molar-refractivity contribution < 1.29 is 4.42 Å². The van der Waals surface area contributed by atoms with E-state index in [-0.39, 0.29) is 0 Å². The van der Waals surface area contributed by atoms with E-state index in [2.05, 4.69) is 45.2 Å². The molecule has 3 aromatic rings. The molecule has 0 atom stereocenters. The molecule has 0 spiro atoms. The Morgan fingerprint density at radius 3 is 2.67 bits per heavy atom. The summed E-state index contributed by atoms with van der Waals surface area (Å²) in [6.45, 7) is 0.320. The monoisotopic (exact) mass is 302 g/mol. The van der Waals surface area contributed by atoms with Gasteiger partial charge in [-0.25, -0.2) is 4.98 Å². The Balaban J connectivity index is 2.10. The zero-order chi connectivity index (χ0) is 12.5. The number of rotatable bonds is 2. The van der Waals surface area contributed by atoms with Crippen LogP contribution in [0.5, 0.6) is 0 Å². The predicted molar refractivity (Wildman–Crippen MR) is 75.0 cm³/mol. The van der Waals surface area contributed by atoms with Crippen molar-refractivity contribution in [3.8, 4) is 11.3 Å². The van der Waals surface area contributed by atoms with E-state index in [9.17, 15) is 0 Å². The van der Waals surface area contributed by atoms with Crippen molar-refractivity contribution in [2.75, 3.05) is 0 Å². The fourth-order valence-corrected chi connectivity index (χ4v) is 2.29. The second-order valence-corrected chi connectivity index (χ2v) is 4.94. The SMILES string of the molecule is NCc1ncc(-c2ccc3cc(Br)ccc3c2)o1. The zero-order valence-corrected chi connectivity index (χ0v) is 11.1. The number of nitrogens with zero attached hydrogens (tertiary/aromatic N) is 1. The summed E-state index contributed by atoms with van der Waals surface area (Å²) in [7, 11) is 0. The normalized spacial score (nSPS) is 11.0. The number of nitrogens with two attached hydrogens (primary N) is 1. The molecule has 0 aliphatic rings. The van der Waals surface area contributed by atoms with E-state index in [1.807, 2.05) is 12.1 Å². The smallest absolute Gasteiger partial charge is 0.208 e. The number of hydrogen-bond acceptors (Lipinski definition) is 3. The lowest BCUT2D eigenvalue weighted by atomic mass is 10.1. The molecule has 90 valence electrons. The highest BCUT2D eigenvalue weighted by Gasteiger charge is 2.06. The highest BCUT2D eigenvalue weighted by Crippen LogP contribution is 2.26. The number of oxazole rings is 1. The fourth-order valence-electron chi connectivity index (χ4n) is 1.91. The lowest BCUT2D eigenvalue weighted by Gasteiger charge is -2.01. The summed E-state index contributed by atoms with van der Waals surface area (Å²) in [6, 6.07) is 12.4. The molecule has 0 amide bonds. The highest BCUT2D eigenvalue weighted by atomic mass is 79.9. The summed E-state index contributed by atoms with van der Waals surface area (Å²) in [5.74, 6) is 1.31. The summed E-state index contributed by atoms with van der Waals surface area (Å²) >= 11 is 3.47. The van der Waals surface area contributed by atoms with Crippen molar-refractivity contribution in [3.63, 3.8) is 0 Å². The largest absolute Gasteiger partial charge is 0.439 e. The number of fused-ring (bicyclic) bond motifs is 1. The Bertz CT molecular complexity index is 706. The third kappa shape index (κ3) is 2.05. The van der Waals surface area contributed by atoms with Crippen LogP contribution in [0.25, 0.3) is 22.1 Å². The number of benzene rings is 2. The van der Waals surface area contributed by atoms with Gasteiger partial charge in [0.15, 0.2) is 5.76 Å². The van der Waals surface area contributed by atoms with Gasteiger partial charge in [0, 0.05) is 10.0 Å². The highest BCUT2D eigenvalue weighted by molar-refractivity contribution is 9.10. The summed E-state index contributed by atoms with van der Waals surface area (Å²) in [5.41, 5.74) is 6.50. The van der Waals surface area contributed by atoms with Gasteiger partial charge in [-0.2, -0.15) is 0 Å². The van der Waals surface area contributed by atoms with E-state index in [1.54, 1.807) is 6.20 Å². The van der Waals surface area contributed by atoms with E-state index in [4.69, 9.17) is 10.2 Å². The Morgan fingerprint density at radius 1 is 1.11 bits per heavy atom. The van der Waals surface area contributed by atoms with Gasteiger partial charge in [-0.15, -0.1) is 0 Å². The Hall–Kier alpha value is -1.65. The molecule has 0 aliphatic carbocycles. The van der Waals surface area contributed by atoms with E-state index in [0.29, 0.717) is 12.4 Å². The number of hydrogen-bond donors (Lipinski definition) is 1. The van der Waals surface area contributed by atoms with Gasteiger partial charge in [-0.3, -0.25) is 0 Å². The average Bonchev–Trinajstić information content (AvgIpc) is 2.87. The van der Waals surface area contributed by atoms with E-state index in [1.165, 1.54) is 10.8 Å². The Morgan fingerprint density at radius 2 is 1.89 bits per heavy atom. The van der Waals surface area contributed by atoms with Crippen molar-refractivity contribution in [2.45, 2.75) is 6.54 Å². The van der Waals surface area contributed by atoms with Crippen LogP contribution in [0.4, 0.5) is 0 Å². The first-order valence-corrected chi connectivity index (χ1v) is 6.40. The van der Waals surface area contributed by atoms with Crippen molar-refractivity contribution in [1.29, 1.82) is 0 Å². The van der Waals surface area contributed by atoms with E-state index >= 15 is 0 Å². The molecule has 0 saturated heterocycles. The minimum Gasteiger partial charge on any atom is -0.439 e. The molecule has 0 saturated carbocycles. The molecule has 3 nitrogen and oxygen atoms in total. The summed E-state index contributed by atoms with van der Waals surface area (Å²) in [4.78, 5) is 4.11. The maximum atomic E-state index is 5.55. The van der Waals surface area contributed by atoms with Gasteiger partial charge in [-0.05, 0) is 29.0 Å². The standard InChI is InChI=1S/C14H11BrN2O/c15-12-4-3-9-5-11(2-1-10(9)6-12)13-8-17-14(7-16)18-13/h1-6,8H,7,16H2. The number of halogens is 1. The second kappa shape index (κ2) is 4.55. The molecular weight excluding hydrogens is 292 g/mol. The van der Waals surface area contributed by atoms with Crippen LogP contribution in [-0.4, -0.2) is 4.98 Å². The molecule has 0 aliphatic heterocycles. The van der Waals surface area contributed by atoms with Crippen LogP contribution in [0.15, 0.2) is 51.5 Å². The van der Waals surface area contributed by atoms with Crippen LogP contribution in [0.1, 0.15) is 5.89 Å². The van der Waals surface area contributed by atoms with Crippen LogP contribution >= 0.6 is 15.9 Å². The molecule has 1 heterocycles. The van der Waals surface area contributed by atoms with E-state index < -0.39 is 0 Å². The Kier molecular flexibility index (Phi) is 2.89. The fraction of sp³-hybridized carbons (Fsp3) is 0.0714. The lowest BCUT2D eigenvalue weighted by molar-refractivity contribution is 0.509. The summed E-state index contributed by atoms with van der Waals surface area (Å²) in [6.07, 6.45) is 1.71. The van der Waals surface area contributed by atoms with Crippen LogP contribution in [-0.2, 0) is 6.54 Å². The van der Waals surface area contributed by atoms with Gasteiger partial charge < -0.3 is 10.2 Å². The molecule has 2 aromatic carbocycles. The predicted octanol–water partition coefficient (Wildman–Crippen LogP) is 3.72. The first kappa shape index (κ1) is 11.4. The van der Waals surface area contributed by atoms with Crippen LogP contribution in [0.3, 0.4) is 0 Å². The molecule has 1 aromatic heterocycles. The average molecular weight is 303 g/mol. The number of aromatic nitrogens is 1. The molecule has 2 N–H and O–H groups in total. The van der Waals surface area contributed by atoms with Crippen molar-refractivity contribution in [3.05, 3.63) is 53.0 Å². The lowest BCUT2D eigenvalue weighted by Crippen LogP contribution is -1.94. The second-order valence-electron chi connectivity index (χ2n) is 4.03. The van der Waals surface area contributed by atoms with Gasteiger partial charge in [0.05, 0.1) is 12.7 Å². The minimum absolute atomic E-state index is 0.320. The van der Waals surface area contributed by atoms with E-state index in [0.717, 1.165) is 15.8 Å². The van der Waals surface area contributed by atoms with Gasteiger partial charge in [0.25, 0.3) is 0 Å². The summed E-state index contributed by atoms with van der Waals surface area (Å²) < 4.78 is 6.62. The van der Waals surface area contributed by atoms with Crippen molar-refractivity contribution in [2.24, 2.45) is 5.73 Å². The third-order valence-electron chi connectivity index (χ3n) is 2.81. The molecule has 18 heavy (non-hydrogen) atoms. The van der Waals surface area contributed by atoms with Crippen LogP contribution < -0.4 is 5.73 Å². The molecule has 3 rings (SSSR count). The topological polar surface area (TPSA) is 52.0 Å². The quantitative estimate of drug-likeness (QED) is 0.785. The molecule has 0 bridgehead atoms. The third-order valence-corrected chi connectivity index (χ3v) is 3.31. The molecule has 0 unspecified atom stereocenters. The summed E-state index contributed by atoms with van der Waals surface area (Å²) in [5, 5.41) is 2.35. The molecular formula is C14H11BrN2O. The van der Waals surface area contributed by atoms with Gasteiger partial charge in [0.2, 0.25) is 5.89 Å². The van der Waals surface area contributed by atoms with Crippen molar-refractivity contribution in [1.82, 2.24) is 4.98 Å². The van der Waals surface area contributed by atoms with Crippen molar-refractivity contribution >= 4 is 26.7 Å². The maximum Gasteiger partial charge on any atom is 0.208 e. The molecule has 4 heteroatoms. The zero-order valence-electron chi connectivity index (χ0n) is 9.56. The molecule has 0 fully saturated rings. The van der Waals surface area contributed by atoms with Crippen LogP contribution in [0, 0.1) is 0 Å². The molecule has 0 radical (unpaired) electrons. The van der Waals surface area contributed by atoms with Gasteiger partial charge in [0.1, 0.15) is 0 Å². The van der Waals surface area contributed by atoms with Gasteiger partial charge in [-0.1, -0.05) is 34.1 Å². The van der Waals surface area contributed by atoms with Crippen LogP contribution in [0.2, 0.25) is 0 Å². The first-order chi connectivity index (χ1) is 8.76.